The van der Waals surface area contributed by atoms with E-state index in [2.05, 4.69) is 20.8 Å². The highest BCUT2D eigenvalue weighted by molar-refractivity contribution is 9.10. The molecule has 1 saturated heterocycles. The van der Waals surface area contributed by atoms with Gasteiger partial charge in [-0.25, -0.2) is 8.78 Å². The molecule has 2 aromatic carbocycles. The van der Waals surface area contributed by atoms with E-state index in [0.717, 1.165) is 19.5 Å². The first-order valence-electron chi connectivity index (χ1n) is 8.08. The van der Waals surface area contributed by atoms with Crippen molar-refractivity contribution in [2.24, 2.45) is 0 Å². The van der Waals surface area contributed by atoms with E-state index < -0.39 is 17.2 Å². The number of hydrogen-bond acceptors (Lipinski definition) is 2. The van der Waals surface area contributed by atoms with Gasteiger partial charge in [0.1, 0.15) is 11.6 Å². The van der Waals surface area contributed by atoms with Gasteiger partial charge < -0.3 is 5.11 Å². The predicted octanol–water partition coefficient (Wildman–Crippen LogP) is 4.30. The highest BCUT2D eigenvalue weighted by Crippen LogP contribution is 2.30. The Bertz CT molecular complexity index is 710. The van der Waals surface area contributed by atoms with Crippen LogP contribution in [0.1, 0.15) is 24.0 Å². The van der Waals surface area contributed by atoms with Gasteiger partial charge in [-0.1, -0.05) is 30.3 Å². The van der Waals surface area contributed by atoms with Gasteiger partial charge in [-0.3, -0.25) is 4.90 Å². The zero-order chi connectivity index (χ0) is 17.2. The summed E-state index contributed by atoms with van der Waals surface area (Å²) in [7, 11) is 0. The normalized spacial score (nSPS) is 21.8. The van der Waals surface area contributed by atoms with Gasteiger partial charge in [0.2, 0.25) is 0 Å². The third kappa shape index (κ3) is 4.02. The highest BCUT2D eigenvalue weighted by atomic mass is 79.9. The third-order valence-electron chi connectivity index (χ3n) is 4.53. The summed E-state index contributed by atoms with van der Waals surface area (Å²) in [6.07, 6.45) is 1.33. The van der Waals surface area contributed by atoms with Crippen molar-refractivity contribution in [3.8, 4) is 0 Å². The lowest BCUT2D eigenvalue weighted by Crippen LogP contribution is -2.49. The standard InChI is InChI=1S/C19H20BrF2NO/c20-16-7-8-17(21)15(18(16)22)11-19(24)9-4-10-23(13-19)12-14-5-2-1-3-6-14/h1-3,5-8,24H,4,9-13H2. The maximum Gasteiger partial charge on any atom is 0.143 e. The maximum absolute atomic E-state index is 14.2. The lowest BCUT2D eigenvalue weighted by molar-refractivity contribution is -0.0337. The number of nitrogens with zero attached hydrogens (tertiary/aromatic N) is 1. The van der Waals surface area contributed by atoms with Crippen LogP contribution in [-0.4, -0.2) is 28.7 Å². The van der Waals surface area contributed by atoms with Crippen molar-refractivity contribution >= 4 is 15.9 Å². The van der Waals surface area contributed by atoms with Crippen LogP contribution in [0.4, 0.5) is 8.78 Å². The molecule has 0 aliphatic carbocycles. The second kappa shape index (κ2) is 7.30. The van der Waals surface area contributed by atoms with Crippen molar-refractivity contribution in [2.45, 2.75) is 31.4 Å². The molecule has 1 atom stereocenters. The van der Waals surface area contributed by atoms with Crippen LogP contribution in [0.25, 0.3) is 0 Å². The fourth-order valence-electron chi connectivity index (χ4n) is 3.39. The number of halogens is 3. The molecule has 0 amide bonds. The van der Waals surface area contributed by atoms with E-state index in [1.807, 2.05) is 30.3 Å². The van der Waals surface area contributed by atoms with E-state index in [9.17, 15) is 13.9 Å². The number of likely N-dealkylation sites (tertiary alicyclic amines) is 1. The van der Waals surface area contributed by atoms with Gasteiger partial charge in [0.05, 0.1) is 10.1 Å². The molecule has 24 heavy (non-hydrogen) atoms. The molecule has 2 nitrogen and oxygen atoms in total. The van der Waals surface area contributed by atoms with E-state index in [-0.39, 0.29) is 16.5 Å². The van der Waals surface area contributed by atoms with E-state index in [1.54, 1.807) is 0 Å². The van der Waals surface area contributed by atoms with Crippen molar-refractivity contribution < 1.29 is 13.9 Å². The summed E-state index contributed by atoms with van der Waals surface area (Å²) in [6, 6.07) is 12.6. The molecule has 0 bridgehead atoms. The number of hydrogen-bond donors (Lipinski definition) is 1. The van der Waals surface area contributed by atoms with Gasteiger partial charge in [0.25, 0.3) is 0 Å². The molecule has 0 radical (unpaired) electrons. The molecule has 128 valence electrons. The first-order chi connectivity index (χ1) is 11.5. The summed E-state index contributed by atoms with van der Waals surface area (Å²) in [5, 5.41) is 10.9. The van der Waals surface area contributed by atoms with E-state index in [4.69, 9.17) is 0 Å². The number of benzene rings is 2. The minimum absolute atomic E-state index is 0.0185. The maximum atomic E-state index is 14.2. The van der Waals surface area contributed by atoms with Gasteiger partial charge in [0.15, 0.2) is 0 Å². The minimum Gasteiger partial charge on any atom is -0.388 e. The van der Waals surface area contributed by atoms with Crippen LogP contribution in [-0.2, 0) is 13.0 Å². The molecule has 5 heteroatoms. The van der Waals surface area contributed by atoms with Gasteiger partial charge >= 0.3 is 0 Å². The Kier molecular flexibility index (Phi) is 5.33. The third-order valence-corrected chi connectivity index (χ3v) is 5.14. The fraction of sp³-hybridized carbons (Fsp3) is 0.368. The molecule has 1 fully saturated rings. The summed E-state index contributed by atoms with van der Waals surface area (Å²) >= 11 is 3.09. The molecule has 2 aromatic rings. The van der Waals surface area contributed by atoms with Crippen molar-refractivity contribution in [1.82, 2.24) is 4.90 Å². The SMILES string of the molecule is OC1(Cc2c(F)ccc(Br)c2F)CCCN(Cc2ccccc2)C1. The molecule has 1 N–H and O–H groups in total. The van der Waals surface area contributed by atoms with Gasteiger partial charge in [-0.15, -0.1) is 0 Å². The summed E-state index contributed by atoms with van der Waals surface area (Å²) in [4.78, 5) is 2.15. The van der Waals surface area contributed by atoms with Crippen LogP contribution in [0.3, 0.4) is 0 Å². The molecule has 1 heterocycles. The van der Waals surface area contributed by atoms with E-state index in [0.29, 0.717) is 13.0 Å². The van der Waals surface area contributed by atoms with Crippen LogP contribution >= 0.6 is 15.9 Å². The Hall–Kier alpha value is -1.30. The smallest absolute Gasteiger partial charge is 0.143 e. The molecule has 3 rings (SSSR count). The van der Waals surface area contributed by atoms with Crippen LogP contribution in [0, 0.1) is 11.6 Å². The molecule has 0 aromatic heterocycles. The lowest BCUT2D eigenvalue weighted by atomic mass is 9.86. The Morgan fingerprint density at radius 1 is 1.12 bits per heavy atom. The monoisotopic (exact) mass is 395 g/mol. The molecule has 0 spiro atoms. The van der Waals surface area contributed by atoms with Crippen molar-refractivity contribution in [3.63, 3.8) is 0 Å². The Balaban J connectivity index is 1.74. The van der Waals surface area contributed by atoms with Crippen molar-refractivity contribution in [1.29, 1.82) is 0 Å². The van der Waals surface area contributed by atoms with Crippen molar-refractivity contribution in [2.75, 3.05) is 13.1 Å². The van der Waals surface area contributed by atoms with Crippen LogP contribution in [0.15, 0.2) is 46.9 Å². The average molecular weight is 396 g/mol. The quantitative estimate of drug-likeness (QED) is 0.780. The zero-order valence-electron chi connectivity index (χ0n) is 13.3. The molecular formula is C19H20BrF2NO. The summed E-state index contributed by atoms with van der Waals surface area (Å²) < 4.78 is 28.5. The largest absolute Gasteiger partial charge is 0.388 e. The van der Waals surface area contributed by atoms with E-state index in [1.165, 1.54) is 17.7 Å². The summed E-state index contributed by atoms with van der Waals surface area (Å²) in [6.45, 7) is 2.01. The van der Waals surface area contributed by atoms with Gasteiger partial charge in [-0.2, -0.15) is 0 Å². The molecule has 1 unspecified atom stereocenters. The summed E-state index contributed by atoms with van der Waals surface area (Å²) in [5.41, 5.74) is 0.00480. The highest BCUT2D eigenvalue weighted by Gasteiger charge is 2.35. The predicted molar refractivity (Wildman–Crippen MR) is 93.7 cm³/mol. The van der Waals surface area contributed by atoms with E-state index >= 15 is 0 Å². The van der Waals surface area contributed by atoms with Crippen molar-refractivity contribution in [3.05, 3.63) is 69.7 Å². The topological polar surface area (TPSA) is 23.5 Å². The number of β-amino-alcohol motifs (C(OH)–C–C–N with tert-alkyl or cyclic N) is 1. The van der Waals surface area contributed by atoms with Crippen LogP contribution < -0.4 is 0 Å². The summed E-state index contributed by atoms with van der Waals surface area (Å²) in [5.74, 6) is -1.23. The Morgan fingerprint density at radius 3 is 2.62 bits per heavy atom. The van der Waals surface area contributed by atoms with Gasteiger partial charge in [-0.05, 0) is 53.0 Å². The minimum atomic E-state index is -1.12. The second-order valence-corrected chi connectivity index (χ2v) is 7.38. The Morgan fingerprint density at radius 2 is 1.88 bits per heavy atom. The molecule has 1 aliphatic heterocycles. The van der Waals surface area contributed by atoms with Crippen LogP contribution in [0.5, 0.6) is 0 Å². The Labute approximate surface area is 149 Å². The lowest BCUT2D eigenvalue weighted by Gasteiger charge is -2.39. The second-order valence-electron chi connectivity index (χ2n) is 6.52. The molecule has 0 saturated carbocycles. The zero-order valence-corrected chi connectivity index (χ0v) is 14.9. The molecule has 1 aliphatic rings. The number of rotatable bonds is 4. The first-order valence-corrected chi connectivity index (χ1v) is 8.87. The molecular weight excluding hydrogens is 376 g/mol. The number of aliphatic hydroxyl groups is 1. The average Bonchev–Trinajstić information content (AvgIpc) is 2.56. The van der Waals surface area contributed by atoms with Crippen LogP contribution in [0.2, 0.25) is 0 Å². The fourth-order valence-corrected chi connectivity index (χ4v) is 3.76. The first kappa shape index (κ1) is 17.5. The van der Waals surface area contributed by atoms with Gasteiger partial charge in [0, 0.05) is 25.1 Å². The number of piperidine rings is 1.